The Morgan fingerprint density at radius 3 is 2.20 bits per heavy atom. The molecule has 0 atom stereocenters. The molecule has 25 heavy (non-hydrogen) atoms. The van der Waals surface area contributed by atoms with Crippen molar-refractivity contribution in [1.29, 1.82) is 0 Å². The van der Waals surface area contributed by atoms with Crippen molar-refractivity contribution in [2.45, 2.75) is 6.42 Å². The summed E-state index contributed by atoms with van der Waals surface area (Å²) in [6.45, 7) is 3.08. The third-order valence-electron chi connectivity index (χ3n) is 3.38. The van der Waals surface area contributed by atoms with Crippen LogP contribution >= 0.6 is 24.0 Å². The number of nitrogens with one attached hydrogen (secondary N) is 3. The van der Waals surface area contributed by atoms with E-state index in [2.05, 4.69) is 33.1 Å². The van der Waals surface area contributed by atoms with Crippen molar-refractivity contribution in [3.8, 4) is 5.75 Å². The van der Waals surface area contributed by atoms with Gasteiger partial charge in [0.2, 0.25) is 0 Å². The fourth-order valence-corrected chi connectivity index (χ4v) is 2.16. The minimum Gasteiger partial charge on any atom is -0.492 e. The molecule has 0 spiro atoms. The van der Waals surface area contributed by atoms with Crippen molar-refractivity contribution in [1.82, 2.24) is 10.6 Å². The molecule has 136 valence electrons. The van der Waals surface area contributed by atoms with Gasteiger partial charge in [0, 0.05) is 25.8 Å². The number of ether oxygens (including phenoxy) is 1. The fourth-order valence-electron chi connectivity index (χ4n) is 2.16. The van der Waals surface area contributed by atoms with Gasteiger partial charge >= 0.3 is 0 Å². The Labute approximate surface area is 167 Å². The third kappa shape index (κ3) is 9.19. The molecule has 0 bridgehead atoms. The van der Waals surface area contributed by atoms with Crippen molar-refractivity contribution in [2.75, 3.05) is 38.6 Å². The number of hydrogen-bond acceptors (Lipinski definition) is 3. The van der Waals surface area contributed by atoms with Crippen LogP contribution in [0.1, 0.15) is 6.42 Å². The monoisotopic (exact) mass is 454 g/mol. The molecule has 0 aromatic heterocycles. The average molecular weight is 454 g/mol. The van der Waals surface area contributed by atoms with Crippen LogP contribution < -0.4 is 20.7 Å². The van der Waals surface area contributed by atoms with Gasteiger partial charge in [-0.3, -0.25) is 4.99 Å². The molecule has 0 aliphatic heterocycles. The Hall–Kier alpha value is -1.96. The number of benzene rings is 2. The van der Waals surface area contributed by atoms with Crippen molar-refractivity contribution >= 4 is 35.6 Å². The zero-order chi connectivity index (χ0) is 16.9. The predicted molar refractivity (Wildman–Crippen MR) is 116 cm³/mol. The summed E-state index contributed by atoms with van der Waals surface area (Å²) in [5.74, 6) is 1.68. The van der Waals surface area contributed by atoms with Gasteiger partial charge in [-0.2, -0.15) is 0 Å². The zero-order valence-electron chi connectivity index (χ0n) is 14.6. The summed E-state index contributed by atoms with van der Waals surface area (Å²) in [5.41, 5.74) is 1.15. The molecule has 0 unspecified atom stereocenters. The molecule has 0 radical (unpaired) electrons. The van der Waals surface area contributed by atoms with Crippen molar-refractivity contribution in [3.63, 3.8) is 0 Å². The summed E-state index contributed by atoms with van der Waals surface area (Å²) in [6.07, 6.45) is 1.01. The quantitative estimate of drug-likeness (QED) is 0.236. The van der Waals surface area contributed by atoms with Crippen LogP contribution in [-0.4, -0.2) is 39.2 Å². The Balaban J connectivity index is 0.00000312. The van der Waals surface area contributed by atoms with Crippen LogP contribution in [0.15, 0.2) is 65.7 Å². The number of para-hydroxylation sites is 2. The number of rotatable bonds is 9. The number of hydrogen-bond donors (Lipinski definition) is 3. The van der Waals surface area contributed by atoms with Crippen LogP contribution in [0, 0.1) is 0 Å². The summed E-state index contributed by atoms with van der Waals surface area (Å²) in [6, 6.07) is 20.0. The molecule has 0 aliphatic carbocycles. The third-order valence-corrected chi connectivity index (χ3v) is 3.38. The van der Waals surface area contributed by atoms with E-state index in [0.29, 0.717) is 13.2 Å². The van der Waals surface area contributed by atoms with Crippen molar-refractivity contribution in [2.24, 2.45) is 4.99 Å². The van der Waals surface area contributed by atoms with E-state index in [-0.39, 0.29) is 24.0 Å². The van der Waals surface area contributed by atoms with Gasteiger partial charge in [-0.05, 0) is 30.7 Å². The second-order valence-electron chi connectivity index (χ2n) is 5.23. The van der Waals surface area contributed by atoms with Crippen LogP contribution in [0.2, 0.25) is 0 Å². The molecule has 0 fully saturated rings. The molecule has 3 N–H and O–H groups in total. The van der Waals surface area contributed by atoms with E-state index < -0.39 is 0 Å². The number of nitrogens with zero attached hydrogens (tertiary/aromatic N) is 1. The Morgan fingerprint density at radius 2 is 1.52 bits per heavy atom. The highest BCUT2D eigenvalue weighted by Crippen LogP contribution is 2.07. The van der Waals surface area contributed by atoms with Gasteiger partial charge in [-0.25, -0.2) is 0 Å². The van der Waals surface area contributed by atoms with Gasteiger partial charge in [0.25, 0.3) is 0 Å². The lowest BCUT2D eigenvalue weighted by Gasteiger charge is -2.13. The largest absolute Gasteiger partial charge is 0.492 e. The predicted octanol–water partition coefficient (Wildman–Crippen LogP) is 3.35. The molecule has 0 saturated heterocycles. The van der Waals surface area contributed by atoms with E-state index >= 15 is 0 Å². The lowest BCUT2D eigenvalue weighted by Crippen LogP contribution is -2.40. The molecular weight excluding hydrogens is 427 g/mol. The van der Waals surface area contributed by atoms with Gasteiger partial charge in [0.1, 0.15) is 12.4 Å². The van der Waals surface area contributed by atoms with Crippen LogP contribution in [0.5, 0.6) is 5.75 Å². The number of guanidine groups is 1. The molecule has 6 heteroatoms. The maximum atomic E-state index is 5.64. The Kier molecular flexibility index (Phi) is 11.3. The molecule has 2 rings (SSSR count). The van der Waals surface area contributed by atoms with Crippen LogP contribution in [-0.2, 0) is 0 Å². The first-order valence-electron chi connectivity index (χ1n) is 8.30. The van der Waals surface area contributed by atoms with E-state index in [4.69, 9.17) is 4.74 Å². The number of halogens is 1. The first-order valence-corrected chi connectivity index (χ1v) is 8.30. The molecular formula is C19H27IN4O. The standard InChI is InChI=1S/C19H26N4O.HI/c1-20-19(23-15-16-24-18-11-6-3-7-12-18)22-14-8-13-21-17-9-4-2-5-10-17;/h2-7,9-12,21H,8,13-16H2,1H3,(H2,20,22,23);1H. The molecule has 0 amide bonds. The van der Waals surface area contributed by atoms with E-state index in [1.165, 1.54) is 0 Å². The topological polar surface area (TPSA) is 57.7 Å². The highest BCUT2D eigenvalue weighted by Gasteiger charge is 1.97. The van der Waals surface area contributed by atoms with Crippen LogP contribution in [0.4, 0.5) is 5.69 Å². The Bertz CT molecular complexity index is 593. The van der Waals surface area contributed by atoms with E-state index in [0.717, 1.165) is 36.9 Å². The molecule has 0 aliphatic rings. The maximum Gasteiger partial charge on any atom is 0.191 e. The van der Waals surface area contributed by atoms with Crippen LogP contribution in [0.25, 0.3) is 0 Å². The second kappa shape index (κ2) is 13.3. The highest BCUT2D eigenvalue weighted by molar-refractivity contribution is 14.0. The molecule has 2 aromatic carbocycles. The van der Waals surface area contributed by atoms with E-state index in [9.17, 15) is 0 Å². The summed E-state index contributed by atoms with van der Waals surface area (Å²) < 4.78 is 5.64. The summed E-state index contributed by atoms with van der Waals surface area (Å²) in [7, 11) is 1.77. The molecule has 2 aromatic rings. The zero-order valence-corrected chi connectivity index (χ0v) is 16.9. The SMILES string of the molecule is CN=C(NCCCNc1ccccc1)NCCOc1ccccc1.I. The molecule has 5 nitrogen and oxygen atoms in total. The lowest BCUT2D eigenvalue weighted by molar-refractivity contribution is 0.322. The molecule has 0 saturated carbocycles. The minimum absolute atomic E-state index is 0. The Morgan fingerprint density at radius 1 is 0.880 bits per heavy atom. The first-order chi connectivity index (χ1) is 11.9. The normalized spacial score (nSPS) is 10.5. The number of anilines is 1. The van der Waals surface area contributed by atoms with Gasteiger partial charge in [-0.15, -0.1) is 24.0 Å². The first kappa shape index (κ1) is 21.1. The average Bonchev–Trinajstić information content (AvgIpc) is 2.65. The van der Waals surface area contributed by atoms with Gasteiger partial charge < -0.3 is 20.7 Å². The smallest absolute Gasteiger partial charge is 0.191 e. The maximum absolute atomic E-state index is 5.64. The summed E-state index contributed by atoms with van der Waals surface area (Å²) >= 11 is 0. The van der Waals surface area contributed by atoms with E-state index in [1.807, 2.05) is 48.5 Å². The molecule has 0 heterocycles. The van der Waals surface area contributed by atoms with Crippen molar-refractivity contribution < 1.29 is 4.74 Å². The fraction of sp³-hybridized carbons (Fsp3) is 0.316. The van der Waals surface area contributed by atoms with Crippen LogP contribution in [0.3, 0.4) is 0 Å². The summed E-state index contributed by atoms with van der Waals surface area (Å²) in [5, 5.41) is 9.93. The van der Waals surface area contributed by atoms with Gasteiger partial charge in [-0.1, -0.05) is 36.4 Å². The van der Waals surface area contributed by atoms with Gasteiger partial charge in [0.05, 0.1) is 6.54 Å². The minimum atomic E-state index is 0. The second-order valence-corrected chi connectivity index (χ2v) is 5.23. The van der Waals surface area contributed by atoms with E-state index in [1.54, 1.807) is 7.05 Å². The van der Waals surface area contributed by atoms with Crippen molar-refractivity contribution in [3.05, 3.63) is 60.7 Å². The summed E-state index contributed by atoms with van der Waals surface area (Å²) in [4.78, 5) is 4.21. The number of aliphatic imine (C=N–C) groups is 1. The highest BCUT2D eigenvalue weighted by atomic mass is 127. The van der Waals surface area contributed by atoms with Gasteiger partial charge in [0.15, 0.2) is 5.96 Å². The lowest BCUT2D eigenvalue weighted by atomic mass is 10.3.